The second kappa shape index (κ2) is 8.38. The molecule has 1 aromatic rings. The van der Waals surface area contributed by atoms with Gasteiger partial charge in [0.2, 0.25) is 5.91 Å². The molecule has 2 saturated heterocycles. The van der Waals surface area contributed by atoms with Gasteiger partial charge in [-0.05, 0) is 29.9 Å². The molecule has 3 aliphatic rings. The van der Waals surface area contributed by atoms with Crippen LogP contribution < -0.4 is 5.32 Å². The lowest BCUT2D eigenvalue weighted by atomic mass is 9.81. The first kappa shape index (κ1) is 20.8. The summed E-state index contributed by atoms with van der Waals surface area (Å²) in [5.74, 6) is -0.0699. The van der Waals surface area contributed by atoms with Crippen LogP contribution in [0.15, 0.2) is 24.3 Å². The molecule has 7 nitrogen and oxygen atoms in total. The molecule has 1 saturated carbocycles. The Hall–Kier alpha value is -2.41. The van der Waals surface area contributed by atoms with Gasteiger partial charge in [0, 0.05) is 19.5 Å². The van der Waals surface area contributed by atoms with Crippen LogP contribution in [0, 0.1) is 5.92 Å². The zero-order valence-electron chi connectivity index (χ0n) is 18.0. The normalized spacial score (nSPS) is 28.5. The quantitative estimate of drug-likeness (QED) is 0.805. The summed E-state index contributed by atoms with van der Waals surface area (Å²) >= 11 is 0. The fraction of sp³-hybridized carbons (Fsp3) is 0.609. The van der Waals surface area contributed by atoms with Crippen LogP contribution in [0.1, 0.15) is 56.6 Å². The molecule has 30 heavy (non-hydrogen) atoms. The van der Waals surface area contributed by atoms with Crippen molar-refractivity contribution in [3.63, 3.8) is 0 Å². The van der Waals surface area contributed by atoms with Crippen molar-refractivity contribution < 1.29 is 19.1 Å². The number of nitrogens with zero attached hydrogens (tertiary/aromatic N) is 2. The number of carbonyl (C=O) groups is 3. The molecule has 1 N–H and O–H groups in total. The Morgan fingerprint density at radius 2 is 1.87 bits per heavy atom. The van der Waals surface area contributed by atoms with E-state index in [-0.39, 0.29) is 36.4 Å². The number of likely N-dealkylation sites (N-methyl/N-ethyl adjacent to an activating group) is 1. The van der Waals surface area contributed by atoms with Crippen molar-refractivity contribution in [3.05, 3.63) is 35.4 Å². The number of ether oxygens (including phenoxy) is 1. The van der Waals surface area contributed by atoms with Gasteiger partial charge in [0.15, 0.2) is 6.10 Å². The number of carbonyl (C=O) groups excluding carboxylic acids is 3. The van der Waals surface area contributed by atoms with E-state index in [9.17, 15) is 14.4 Å². The molecule has 0 radical (unpaired) electrons. The second-order valence-corrected chi connectivity index (χ2v) is 9.02. The zero-order valence-corrected chi connectivity index (χ0v) is 18.0. The fourth-order valence-corrected chi connectivity index (χ4v) is 5.00. The maximum absolute atomic E-state index is 13.0. The van der Waals surface area contributed by atoms with Gasteiger partial charge in [-0.15, -0.1) is 0 Å². The lowest BCUT2D eigenvalue weighted by Gasteiger charge is -2.41. The Kier molecular flexibility index (Phi) is 5.82. The van der Waals surface area contributed by atoms with E-state index >= 15 is 0 Å². The van der Waals surface area contributed by atoms with Crippen molar-refractivity contribution >= 4 is 17.8 Å². The van der Waals surface area contributed by atoms with E-state index < -0.39 is 12.1 Å². The Balaban J connectivity index is 1.37. The molecule has 2 heterocycles. The number of rotatable bonds is 5. The molecular weight excluding hydrogens is 382 g/mol. The molecule has 0 spiro atoms. The van der Waals surface area contributed by atoms with Crippen molar-refractivity contribution in [2.24, 2.45) is 5.92 Å². The van der Waals surface area contributed by atoms with E-state index in [1.807, 2.05) is 12.1 Å². The summed E-state index contributed by atoms with van der Waals surface area (Å²) < 4.78 is 6.06. The summed E-state index contributed by atoms with van der Waals surface area (Å²) in [7, 11) is 1.72. The van der Waals surface area contributed by atoms with Crippen LogP contribution in [-0.4, -0.2) is 59.5 Å². The maximum atomic E-state index is 13.0. The molecule has 1 aliphatic carbocycles. The van der Waals surface area contributed by atoms with E-state index in [0.29, 0.717) is 12.5 Å². The summed E-state index contributed by atoms with van der Waals surface area (Å²) in [6, 6.07) is 7.45. The molecule has 3 fully saturated rings. The molecule has 4 rings (SSSR count). The summed E-state index contributed by atoms with van der Waals surface area (Å²) in [5.41, 5.74) is 2.22. The standard InChI is InChI=1S/C23H31N3O4/c1-14(2)16-10-8-15(9-11-16)12-24-19(27)13-26-22(28)21-20(25(3)23(26)29)17-6-4-5-7-18(17)30-21/h8-11,14,17-18,20-21H,4-7,12-13H2,1-3H3,(H,24,27). The van der Waals surface area contributed by atoms with Crippen LogP contribution in [0.4, 0.5) is 4.79 Å². The molecule has 162 valence electrons. The average Bonchev–Trinajstić information content (AvgIpc) is 3.14. The van der Waals surface area contributed by atoms with E-state index in [2.05, 4.69) is 31.3 Å². The van der Waals surface area contributed by atoms with Crippen LogP contribution in [0.25, 0.3) is 0 Å². The number of hydrogen-bond acceptors (Lipinski definition) is 4. The van der Waals surface area contributed by atoms with E-state index in [1.165, 1.54) is 5.56 Å². The first-order valence-electron chi connectivity index (χ1n) is 11.0. The molecular formula is C23H31N3O4. The summed E-state index contributed by atoms with van der Waals surface area (Å²) in [5, 5.41) is 2.82. The predicted octanol–water partition coefficient (Wildman–Crippen LogP) is 2.65. The number of nitrogens with one attached hydrogen (secondary N) is 1. The van der Waals surface area contributed by atoms with Crippen molar-refractivity contribution in [1.29, 1.82) is 0 Å². The Labute approximate surface area is 177 Å². The van der Waals surface area contributed by atoms with Crippen molar-refractivity contribution in [1.82, 2.24) is 15.1 Å². The minimum atomic E-state index is -0.655. The first-order valence-corrected chi connectivity index (χ1v) is 11.0. The molecule has 1 aromatic carbocycles. The molecule has 7 heteroatoms. The molecule has 4 unspecified atom stereocenters. The third-order valence-corrected chi connectivity index (χ3v) is 6.75. The third-order valence-electron chi connectivity index (χ3n) is 6.75. The highest BCUT2D eigenvalue weighted by molar-refractivity contribution is 6.03. The fourth-order valence-electron chi connectivity index (χ4n) is 5.00. The molecule has 4 amide bonds. The SMILES string of the molecule is CC(C)c1ccc(CNC(=O)CN2C(=O)C3OC4CCCCC4C3N(C)C2=O)cc1. The van der Waals surface area contributed by atoms with Gasteiger partial charge in [-0.2, -0.15) is 0 Å². The Bertz CT molecular complexity index is 822. The molecule has 0 aromatic heterocycles. The first-order chi connectivity index (χ1) is 14.4. The number of imide groups is 1. The van der Waals surface area contributed by atoms with Crippen molar-refractivity contribution in [2.45, 2.75) is 70.2 Å². The van der Waals surface area contributed by atoms with Gasteiger partial charge >= 0.3 is 6.03 Å². The number of benzene rings is 1. The molecule has 0 bridgehead atoms. The van der Waals surface area contributed by atoms with Gasteiger partial charge in [0.25, 0.3) is 5.91 Å². The van der Waals surface area contributed by atoms with Crippen molar-refractivity contribution in [2.75, 3.05) is 13.6 Å². The Morgan fingerprint density at radius 1 is 1.17 bits per heavy atom. The number of fused-ring (bicyclic) bond motifs is 3. The summed E-state index contributed by atoms with van der Waals surface area (Å²) in [6.07, 6.45) is 3.49. The summed E-state index contributed by atoms with van der Waals surface area (Å²) in [6.45, 7) is 4.34. The Morgan fingerprint density at radius 3 is 2.57 bits per heavy atom. The number of hydrogen-bond donors (Lipinski definition) is 1. The van der Waals surface area contributed by atoms with Crippen LogP contribution in [-0.2, 0) is 20.9 Å². The van der Waals surface area contributed by atoms with Crippen LogP contribution in [0.2, 0.25) is 0 Å². The second-order valence-electron chi connectivity index (χ2n) is 9.02. The van der Waals surface area contributed by atoms with Crippen molar-refractivity contribution in [3.8, 4) is 0 Å². The van der Waals surface area contributed by atoms with Gasteiger partial charge in [0.1, 0.15) is 6.54 Å². The smallest absolute Gasteiger partial charge is 0.327 e. The lowest BCUT2D eigenvalue weighted by Crippen LogP contribution is -2.64. The van der Waals surface area contributed by atoms with Gasteiger partial charge < -0.3 is 15.0 Å². The highest BCUT2D eigenvalue weighted by atomic mass is 16.5. The van der Waals surface area contributed by atoms with E-state index in [0.717, 1.165) is 36.1 Å². The highest BCUT2D eigenvalue weighted by Crippen LogP contribution is 2.42. The maximum Gasteiger partial charge on any atom is 0.327 e. The highest BCUT2D eigenvalue weighted by Gasteiger charge is 2.56. The number of urea groups is 1. The lowest BCUT2D eigenvalue weighted by molar-refractivity contribution is -0.148. The monoisotopic (exact) mass is 413 g/mol. The van der Waals surface area contributed by atoms with E-state index in [4.69, 9.17) is 4.74 Å². The average molecular weight is 414 g/mol. The van der Waals surface area contributed by atoms with Gasteiger partial charge in [0.05, 0.1) is 12.1 Å². The van der Waals surface area contributed by atoms with Crippen LogP contribution in [0.3, 0.4) is 0 Å². The molecule has 2 aliphatic heterocycles. The van der Waals surface area contributed by atoms with Crippen LogP contribution >= 0.6 is 0 Å². The van der Waals surface area contributed by atoms with Crippen LogP contribution in [0.5, 0.6) is 0 Å². The van der Waals surface area contributed by atoms with Gasteiger partial charge in [-0.3, -0.25) is 14.5 Å². The largest absolute Gasteiger partial charge is 0.363 e. The third kappa shape index (κ3) is 3.83. The van der Waals surface area contributed by atoms with Gasteiger partial charge in [-0.25, -0.2) is 4.79 Å². The van der Waals surface area contributed by atoms with E-state index in [1.54, 1.807) is 11.9 Å². The minimum absolute atomic E-state index is 0.0375. The zero-order chi connectivity index (χ0) is 21.4. The molecule has 4 atom stereocenters. The summed E-state index contributed by atoms with van der Waals surface area (Å²) in [4.78, 5) is 41.0. The topological polar surface area (TPSA) is 79.0 Å². The predicted molar refractivity (Wildman–Crippen MR) is 112 cm³/mol. The minimum Gasteiger partial charge on any atom is -0.363 e. The number of amides is 4. The van der Waals surface area contributed by atoms with Gasteiger partial charge in [-0.1, -0.05) is 51.0 Å².